The van der Waals surface area contributed by atoms with Gasteiger partial charge in [-0.1, -0.05) is 49.7 Å². The van der Waals surface area contributed by atoms with E-state index in [0.29, 0.717) is 30.3 Å². The molecular formula is C21H26O4. The van der Waals surface area contributed by atoms with Crippen molar-refractivity contribution in [2.45, 2.75) is 33.1 Å². The van der Waals surface area contributed by atoms with Crippen LogP contribution in [0.25, 0.3) is 0 Å². The Morgan fingerprint density at radius 1 is 1.12 bits per heavy atom. The highest BCUT2D eigenvalue weighted by atomic mass is 16.5. The molecule has 4 nitrogen and oxygen atoms in total. The molecule has 0 saturated heterocycles. The van der Waals surface area contributed by atoms with Crippen LogP contribution in [0.3, 0.4) is 0 Å². The largest absolute Gasteiger partial charge is 0.496 e. The Bertz CT molecular complexity index is 722. The number of hydrogen-bond donors (Lipinski definition) is 1. The monoisotopic (exact) mass is 342 g/mol. The van der Waals surface area contributed by atoms with E-state index in [2.05, 4.69) is 13.8 Å². The summed E-state index contributed by atoms with van der Waals surface area (Å²) < 4.78 is 11.3. The van der Waals surface area contributed by atoms with E-state index in [0.717, 1.165) is 16.9 Å². The van der Waals surface area contributed by atoms with Crippen LogP contribution >= 0.6 is 0 Å². The molecule has 0 aliphatic rings. The second-order valence-electron chi connectivity index (χ2n) is 6.65. The lowest BCUT2D eigenvalue weighted by Gasteiger charge is -2.19. The first-order valence-electron chi connectivity index (χ1n) is 8.50. The number of ether oxygens (including phenoxy) is 2. The van der Waals surface area contributed by atoms with Crippen LogP contribution in [-0.2, 0) is 11.2 Å². The first-order chi connectivity index (χ1) is 11.9. The highest BCUT2D eigenvalue weighted by Crippen LogP contribution is 2.33. The smallest absolute Gasteiger partial charge is 0.311 e. The predicted molar refractivity (Wildman–Crippen MR) is 98.6 cm³/mol. The molecule has 25 heavy (non-hydrogen) atoms. The molecular weight excluding hydrogens is 316 g/mol. The van der Waals surface area contributed by atoms with E-state index in [4.69, 9.17) is 9.47 Å². The second-order valence-corrected chi connectivity index (χ2v) is 6.65. The number of rotatable bonds is 8. The average Bonchev–Trinajstić information content (AvgIpc) is 2.58. The number of methoxy groups -OCH3 is 1. The molecule has 0 saturated carbocycles. The van der Waals surface area contributed by atoms with E-state index in [9.17, 15) is 9.90 Å². The van der Waals surface area contributed by atoms with Crippen molar-refractivity contribution in [1.29, 1.82) is 0 Å². The maximum absolute atomic E-state index is 12.0. The zero-order valence-electron chi connectivity index (χ0n) is 15.3. The van der Waals surface area contributed by atoms with Crippen LogP contribution in [0.4, 0.5) is 0 Å². The molecule has 2 rings (SSSR count). The topological polar surface area (TPSA) is 55.8 Å². The minimum Gasteiger partial charge on any atom is -0.496 e. The molecule has 134 valence electrons. The van der Waals surface area contributed by atoms with Crippen LogP contribution in [0.2, 0.25) is 0 Å². The van der Waals surface area contributed by atoms with E-state index in [1.165, 1.54) is 0 Å². The van der Waals surface area contributed by atoms with Gasteiger partial charge in [-0.3, -0.25) is 4.79 Å². The molecule has 0 aliphatic heterocycles. The molecule has 1 unspecified atom stereocenters. The Hall–Kier alpha value is -2.49. The number of hydrogen-bond acceptors (Lipinski definition) is 3. The van der Waals surface area contributed by atoms with Gasteiger partial charge in [-0.15, -0.1) is 0 Å². The minimum absolute atomic E-state index is 0.351. The van der Waals surface area contributed by atoms with Gasteiger partial charge in [-0.25, -0.2) is 0 Å². The lowest BCUT2D eigenvalue weighted by Crippen LogP contribution is -2.16. The Labute approximate surface area is 149 Å². The van der Waals surface area contributed by atoms with Crippen molar-refractivity contribution in [3.8, 4) is 11.5 Å². The summed E-state index contributed by atoms with van der Waals surface area (Å²) in [5, 5.41) is 9.81. The van der Waals surface area contributed by atoms with E-state index in [-0.39, 0.29) is 0 Å². The van der Waals surface area contributed by atoms with Gasteiger partial charge in [0.15, 0.2) is 0 Å². The summed E-state index contributed by atoms with van der Waals surface area (Å²) in [7, 11) is 1.56. The van der Waals surface area contributed by atoms with E-state index in [1.807, 2.05) is 49.4 Å². The predicted octanol–water partition coefficient (Wildman–Crippen LogP) is 4.45. The molecule has 1 N–H and O–H groups in total. The molecule has 0 fully saturated rings. The van der Waals surface area contributed by atoms with Gasteiger partial charge in [0.1, 0.15) is 11.5 Å². The fourth-order valence-electron chi connectivity index (χ4n) is 2.75. The van der Waals surface area contributed by atoms with Gasteiger partial charge < -0.3 is 14.6 Å². The summed E-state index contributed by atoms with van der Waals surface area (Å²) in [6, 6.07) is 13.3. The molecule has 0 bridgehead atoms. The molecule has 0 aromatic heterocycles. The summed E-state index contributed by atoms with van der Waals surface area (Å²) in [6.45, 7) is 6.71. The SMILES string of the molecule is COc1ccc(C)cc1C(Cc1ccccc1OCC(C)C)C(=O)O. The lowest BCUT2D eigenvalue weighted by molar-refractivity contribution is -0.138. The Kier molecular flexibility index (Phi) is 6.45. The number of carboxylic acids is 1. The number of aryl methyl sites for hydroxylation is 1. The molecule has 1 atom stereocenters. The standard InChI is InChI=1S/C21H26O4/c1-14(2)13-25-19-8-6-5-7-16(19)12-18(21(22)23)17-11-15(3)9-10-20(17)24-4/h5-11,14,18H,12-13H2,1-4H3,(H,22,23). The Balaban J connectivity index is 2.35. The highest BCUT2D eigenvalue weighted by molar-refractivity contribution is 5.78. The first kappa shape index (κ1) is 18.8. The number of carbonyl (C=O) groups is 1. The maximum atomic E-state index is 12.0. The van der Waals surface area contributed by atoms with E-state index < -0.39 is 11.9 Å². The lowest BCUT2D eigenvalue weighted by atomic mass is 9.90. The number of carboxylic acid groups (broad SMARTS) is 1. The van der Waals surface area contributed by atoms with Crippen molar-refractivity contribution in [3.05, 3.63) is 59.2 Å². The van der Waals surface area contributed by atoms with Gasteiger partial charge in [0, 0.05) is 5.56 Å². The van der Waals surface area contributed by atoms with Crippen molar-refractivity contribution in [3.63, 3.8) is 0 Å². The van der Waals surface area contributed by atoms with Gasteiger partial charge in [0.05, 0.1) is 19.6 Å². The molecule has 4 heteroatoms. The summed E-state index contributed by atoms with van der Waals surface area (Å²) in [4.78, 5) is 12.0. The van der Waals surface area contributed by atoms with Crippen molar-refractivity contribution in [2.75, 3.05) is 13.7 Å². The van der Waals surface area contributed by atoms with Crippen LogP contribution in [0.5, 0.6) is 11.5 Å². The van der Waals surface area contributed by atoms with E-state index in [1.54, 1.807) is 7.11 Å². The van der Waals surface area contributed by atoms with Gasteiger partial charge >= 0.3 is 5.97 Å². The van der Waals surface area contributed by atoms with Crippen molar-refractivity contribution >= 4 is 5.97 Å². The van der Waals surface area contributed by atoms with Gasteiger partial charge in [-0.05, 0) is 37.0 Å². The summed E-state index contributed by atoms with van der Waals surface area (Å²) in [5.41, 5.74) is 2.58. The number of benzene rings is 2. The quantitative estimate of drug-likeness (QED) is 0.770. The van der Waals surface area contributed by atoms with Crippen LogP contribution in [-0.4, -0.2) is 24.8 Å². The second kappa shape index (κ2) is 8.56. The molecule has 0 aliphatic carbocycles. The zero-order chi connectivity index (χ0) is 18.4. The maximum Gasteiger partial charge on any atom is 0.311 e. The van der Waals surface area contributed by atoms with Gasteiger partial charge in [-0.2, -0.15) is 0 Å². The highest BCUT2D eigenvalue weighted by Gasteiger charge is 2.25. The fourth-order valence-corrected chi connectivity index (χ4v) is 2.75. The summed E-state index contributed by atoms with van der Waals surface area (Å²) in [5.74, 6) is 0.175. The first-order valence-corrected chi connectivity index (χ1v) is 8.50. The normalized spacial score (nSPS) is 12.0. The van der Waals surface area contributed by atoms with Crippen molar-refractivity contribution in [1.82, 2.24) is 0 Å². The summed E-state index contributed by atoms with van der Waals surface area (Å²) >= 11 is 0. The summed E-state index contributed by atoms with van der Waals surface area (Å²) in [6.07, 6.45) is 0.351. The third kappa shape index (κ3) is 4.99. The third-order valence-corrected chi connectivity index (χ3v) is 4.03. The van der Waals surface area contributed by atoms with Crippen LogP contribution in [0, 0.1) is 12.8 Å². The van der Waals surface area contributed by atoms with Crippen LogP contribution in [0.15, 0.2) is 42.5 Å². The van der Waals surface area contributed by atoms with E-state index >= 15 is 0 Å². The van der Waals surface area contributed by atoms with Crippen LogP contribution in [0.1, 0.15) is 36.5 Å². The van der Waals surface area contributed by atoms with Gasteiger partial charge in [0.2, 0.25) is 0 Å². The number of para-hydroxylation sites is 1. The zero-order valence-corrected chi connectivity index (χ0v) is 15.3. The molecule has 0 heterocycles. The Morgan fingerprint density at radius 2 is 1.84 bits per heavy atom. The molecule has 0 amide bonds. The molecule has 0 radical (unpaired) electrons. The molecule has 2 aromatic carbocycles. The fraction of sp³-hybridized carbons (Fsp3) is 0.381. The third-order valence-electron chi connectivity index (χ3n) is 4.03. The van der Waals surface area contributed by atoms with Crippen LogP contribution < -0.4 is 9.47 Å². The Morgan fingerprint density at radius 3 is 2.48 bits per heavy atom. The molecule has 0 spiro atoms. The van der Waals surface area contributed by atoms with Crippen molar-refractivity contribution < 1.29 is 19.4 Å². The minimum atomic E-state index is -0.873. The average molecular weight is 342 g/mol. The van der Waals surface area contributed by atoms with Gasteiger partial charge in [0.25, 0.3) is 0 Å². The number of aliphatic carboxylic acids is 1. The molecule has 2 aromatic rings. The van der Waals surface area contributed by atoms with Crippen molar-refractivity contribution in [2.24, 2.45) is 5.92 Å².